The van der Waals surface area contributed by atoms with Crippen LogP contribution in [0.3, 0.4) is 0 Å². The molecule has 100 valence electrons. The molecular weight excluding hydrogens is 316 g/mol. The van der Waals surface area contributed by atoms with Crippen molar-refractivity contribution in [3.8, 4) is 16.9 Å². The fourth-order valence-electron chi connectivity index (χ4n) is 2.19. The number of hydrogen-bond donors (Lipinski definition) is 1. The maximum atomic E-state index is 6.03. The average molecular weight is 329 g/mol. The van der Waals surface area contributed by atoms with E-state index < -0.39 is 0 Å². The largest absolute Gasteiger partial charge is 0.398 e. The van der Waals surface area contributed by atoms with Gasteiger partial charge >= 0.3 is 0 Å². The molecule has 0 aliphatic heterocycles. The number of nitrogen functional groups attached to an aromatic ring is 1. The highest BCUT2D eigenvalue weighted by atomic mass is 79.9. The second-order valence-electron chi connectivity index (χ2n) is 4.54. The molecule has 2 N–H and O–H groups in total. The van der Waals surface area contributed by atoms with E-state index in [-0.39, 0.29) is 0 Å². The SMILES string of the molecule is Cc1cc(Br)ccc1-n1cncc1-c1cnccc1N. The van der Waals surface area contributed by atoms with E-state index in [1.807, 2.05) is 10.6 Å². The van der Waals surface area contributed by atoms with Gasteiger partial charge in [0, 0.05) is 28.1 Å². The van der Waals surface area contributed by atoms with Gasteiger partial charge in [0.05, 0.1) is 23.9 Å². The van der Waals surface area contributed by atoms with Crippen LogP contribution >= 0.6 is 15.9 Å². The lowest BCUT2D eigenvalue weighted by molar-refractivity contribution is 1.04. The van der Waals surface area contributed by atoms with Gasteiger partial charge in [0.15, 0.2) is 0 Å². The summed E-state index contributed by atoms with van der Waals surface area (Å²) in [7, 11) is 0. The first-order valence-corrected chi connectivity index (χ1v) is 6.95. The van der Waals surface area contributed by atoms with Crippen molar-refractivity contribution in [1.29, 1.82) is 0 Å². The van der Waals surface area contributed by atoms with E-state index in [0.29, 0.717) is 5.69 Å². The number of nitrogens with two attached hydrogens (primary N) is 1. The molecule has 0 atom stereocenters. The summed E-state index contributed by atoms with van der Waals surface area (Å²) in [5.74, 6) is 0. The second kappa shape index (κ2) is 5.09. The summed E-state index contributed by atoms with van der Waals surface area (Å²) >= 11 is 3.48. The zero-order valence-corrected chi connectivity index (χ0v) is 12.5. The maximum absolute atomic E-state index is 6.03. The molecule has 0 saturated carbocycles. The van der Waals surface area contributed by atoms with Crippen LogP contribution in [0, 0.1) is 6.92 Å². The topological polar surface area (TPSA) is 56.7 Å². The number of aryl methyl sites for hydroxylation is 1. The molecule has 0 saturated heterocycles. The molecule has 4 nitrogen and oxygen atoms in total. The molecule has 20 heavy (non-hydrogen) atoms. The number of hydrogen-bond acceptors (Lipinski definition) is 3. The first kappa shape index (κ1) is 12.9. The van der Waals surface area contributed by atoms with Crippen molar-refractivity contribution in [2.24, 2.45) is 0 Å². The third-order valence-electron chi connectivity index (χ3n) is 3.19. The van der Waals surface area contributed by atoms with Crippen LogP contribution in [0.25, 0.3) is 16.9 Å². The van der Waals surface area contributed by atoms with Crippen LogP contribution in [-0.2, 0) is 0 Å². The Morgan fingerprint density at radius 2 is 2.00 bits per heavy atom. The number of anilines is 1. The van der Waals surface area contributed by atoms with Gasteiger partial charge in [-0.1, -0.05) is 15.9 Å². The standard InChI is InChI=1S/C15H13BrN4/c1-10-6-11(16)2-3-14(10)20-9-19-8-15(20)12-7-18-5-4-13(12)17/h2-9H,1H3,(H2,17,18). The fourth-order valence-corrected chi connectivity index (χ4v) is 2.67. The van der Waals surface area contributed by atoms with Gasteiger partial charge in [-0.15, -0.1) is 0 Å². The Bertz CT molecular complexity index is 764. The van der Waals surface area contributed by atoms with Crippen LogP contribution in [-0.4, -0.2) is 14.5 Å². The van der Waals surface area contributed by atoms with Gasteiger partial charge in [0.1, 0.15) is 0 Å². The summed E-state index contributed by atoms with van der Waals surface area (Å²) in [5, 5.41) is 0. The molecule has 5 heteroatoms. The first-order chi connectivity index (χ1) is 9.66. The minimum Gasteiger partial charge on any atom is -0.398 e. The number of pyridine rings is 1. The number of rotatable bonds is 2. The minimum atomic E-state index is 0.691. The van der Waals surface area contributed by atoms with Gasteiger partial charge in [-0.3, -0.25) is 9.55 Å². The lowest BCUT2D eigenvalue weighted by Gasteiger charge is -2.12. The van der Waals surface area contributed by atoms with E-state index in [4.69, 9.17) is 5.73 Å². The zero-order valence-electron chi connectivity index (χ0n) is 10.9. The molecule has 2 heterocycles. The van der Waals surface area contributed by atoms with Gasteiger partial charge in [-0.2, -0.15) is 0 Å². The quantitative estimate of drug-likeness (QED) is 0.782. The van der Waals surface area contributed by atoms with Gasteiger partial charge in [-0.25, -0.2) is 4.98 Å². The minimum absolute atomic E-state index is 0.691. The van der Waals surface area contributed by atoms with Gasteiger partial charge in [-0.05, 0) is 36.8 Å². The van der Waals surface area contributed by atoms with Crippen LogP contribution in [0.15, 0.2) is 53.7 Å². The highest BCUT2D eigenvalue weighted by Crippen LogP contribution is 2.28. The molecule has 0 unspecified atom stereocenters. The first-order valence-electron chi connectivity index (χ1n) is 6.15. The van der Waals surface area contributed by atoms with Crippen LogP contribution < -0.4 is 5.73 Å². The molecule has 0 radical (unpaired) electrons. The Morgan fingerprint density at radius 3 is 2.75 bits per heavy atom. The molecule has 0 aliphatic carbocycles. The highest BCUT2D eigenvalue weighted by Gasteiger charge is 2.11. The lowest BCUT2D eigenvalue weighted by atomic mass is 10.1. The van der Waals surface area contributed by atoms with E-state index in [2.05, 4.69) is 45.0 Å². The molecule has 3 rings (SSSR count). The summed E-state index contributed by atoms with van der Waals surface area (Å²) in [6.07, 6.45) is 7.04. The summed E-state index contributed by atoms with van der Waals surface area (Å²) in [6.45, 7) is 2.07. The Labute approximate surface area is 125 Å². The summed E-state index contributed by atoms with van der Waals surface area (Å²) in [4.78, 5) is 8.39. The molecular formula is C15H13BrN4. The Balaban J connectivity index is 2.18. The van der Waals surface area contributed by atoms with Crippen molar-refractivity contribution in [2.75, 3.05) is 5.73 Å². The normalized spacial score (nSPS) is 10.7. The van der Waals surface area contributed by atoms with Crippen molar-refractivity contribution in [1.82, 2.24) is 14.5 Å². The van der Waals surface area contributed by atoms with Crippen LogP contribution in [0.5, 0.6) is 0 Å². The number of benzene rings is 1. The van der Waals surface area contributed by atoms with Crippen molar-refractivity contribution in [2.45, 2.75) is 6.92 Å². The van der Waals surface area contributed by atoms with Crippen molar-refractivity contribution in [3.05, 3.63) is 59.2 Å². The summed E-state index contributed by atoms with van der Waals surface area (Å²) < 4.78 is 3.08. The monoisotopic (exact) mass is 328 g/mol. The van der Waals surface area contributed by atoms with E-state index in [0.717, 1.165) is 27.0 Å². The highest BCUT2D eigenvalue weighted by molar-refractivity contribution is 9.10. The van der Waals surface area contributed by atoms with Gasteiger partial charge in [0.25, 0.3) is 0 Å². The number of imidazole rings is 1. The zero-order chi connectivity index (χ0) is 14.1. The van der Waals surface area contributed by atoms with Crippen LogP contribution in [0.4, 0.5) is 5.69 Å². The van der Waals surface area contributed by atoms with Gasteiger partial charge in [0.2, 0.25) is 0 Å². The van der Waals surface area contributed by atoms with E-state index in [9.17, 15) is 0 Å². The average Bonchev–Trinajstić information content (AvgIpc) is 2.88. The number of halogens is 1. The second-order valence-corrected chi connectivity index (χ2v) is 5.46. The van der Waals surface area contributed by atoms with Crippen LogP contribution in [0.2, 0.25) is 0 Å². The molecule has 3 aromatic rings. The van der Waals surface area contributed by atoms with E-state index in [1.54, 1.807) is 31.0 Å². The third kappa shape index (κ3) is 2.20. The smallest absolute Gasteiger partial charge is 0.0997 e. The lowest BCUT2D eigenvalue weighted by Crippen LogP contribution is -2.00. The number of aromatic nitrogens is 3. The summed E-state index contributed by atoms with van der Waals surface area (Å²) in [5.41, 5.74) is 10.8. The van der Waals surface area contributed by atoms with Gasteiger partial charge < -0.3 is 5.73 Å². The van der Waals surface area contributed by atoms with Crippen molar-refractivity contribution in [3.63, 3.8) is 0 Å². The maximum Gasteiger partial charge on any atom is 0.0997 e. The molecule has 2 aromatic heterocycles. The fraction of sp³-hybridized carbons (Fsp3) is 0.0667. The van der Waals surface area contributed by atoms with E-state index in [1.165, 1.54) is 0 Å². The van der Waals surface area contributed by atoms with Crippen molar-refractivity contribution < 1.29 is 0 Å². The Kier molecular flexibility index (Phi) is 3.28. The third-order valence-corrected chi connectivity index (χ3v) is 3.68. The molecule has 0 spiro atoms. The molecule has 1 aromatic carbocycles. The summed E-state index contributed by atoms with van der Waals surface area (Å²) in [6, 6.07) is 7.93. The van der Waals surface area contributed by atoms with E-state index >= 15 is 0 Å². The van der Waals surface area contributed by atoms with Crippen LogP contribution in [0.1, 0.15) is 5.56 Å². The van der Waals surface area contributed by atoms with Crippen molar-refractivity contribution >= 4 is 21.6 Å². The molecule has 0 aliphatic rings. The molecule has 0 fully saturated rings. The Morgan fingerprint density at radius 1 is 1.15 bits per heavy atom. The molecule has 0 bridgehead atoms. The number of nitrogens with zero attached hydrogens (tertiary/aromatic N) is 3. The predicted molar refractivity (Wildman–Crippen MR) is 83.6 cm³/mol. The molecule has 0 amide bonds. The predicted octanol–water partition coefficient (Wildman–Crippen LogP) is 3.59. The Hall–Kier alpha value is -2.14.